The fourth-order valence-corrected chi connectivity index (χ4v) is 5.87. The first-order valence-electron chi connectivity index (χ1n) is 16.1. The Labute approximate surface area is 291 Å². The van der Waals surface area contributed by atoms with Crippen molar-refractivity contribution in [1.29, 1.82) is 0 Å². The molecular formula is C36H39N5O10. The average Bonchev–Trinajstić information content (AvgIpc) is 3.57. The minimum absolute atomic E-state index is 0.558. The summed E-state index contributed by atoms with van der Waals surface area (Å²) in [4.78, 5) is 72.6. The van der Waals surface area contributed by atoms with Crippen molar-refractivity contribution in [3.63, 3.8) is 0 Å². The molecule has 0 saturated carbocycles. The topological polar surface area (TPSA) is 226 Å². The van der Waals surface area contributed by atoms with Crippen LogP contribution in [0.2, 0.25) is 0 Å². The fraction of sp³-hybridized carbons (Fsp3) is 0.278. The molecular weight excluding hydrogens is 662 g/mol. The summed E-state index contributed by atoms with van der Waals surface area (Å²) in [6, 6.07) is 12.9. The number of H-pyrrole nitrogens is 2. The van der Waals surface area contributed by atoms with Gasteiger partial charge in [0.1, 0.15) is 0 Å². The lowest BCUT2D eigenvalue weighted by atomic mass is 9.85. The van der Waals surface area contributed by atoms with Crippen LogP contribution in [-0.4, -0.2) is 94.8 Å². The lowest BCUT2D eigenvalue weighted by Crippen LogP contribution is -2.45. The minimum atomic E-state index is -1.26. The molecule has 3 aliphatic rings. The van der Waals surface area contributed by atoms with Gasteiger partial charge in [-0.25, -0.2) is 19.2 Å². The Morgan fingerprint density at radius 3 is 1.71 bits per heavy atom. The van der Waals surface area contributed by atoms with E-state index in [2.05, 4.69) is 79.2 Å². The van der Waals surface area contributed by atoms with Crippen LogP contribution in [-0.2, 0) is 38.7 Å². The van der Waals surface area contributed by atoms with Crippen molar-refractivity contribution in [3.05, 3.63) is 128 Å². The highest BCUT2D eigenvalue weighted by Gasteiger charge is 2.24. The molecule has 15 nitrogen and oxygen atoms in total. The molecule has 3 heterocycles. The zero-order valence-electron chi connectivity index (χ0n) is 27.7. The largest absolute Gasteiger partial charge is 0.478 e. The number of carboxylic acid groups (broad SMARTS) is 4. The lowest BCUT2D eigenvalue weighted by Gasteiger charge is -2.34. The van der Waals surface area contributed by atoms with Gasteiger partial charge in [-0.3, -0.25) is 19.4 Å². The third-order valence-corrected chi connectivity index (χ3v) is 8.27. The first kappa shape index (κ1) is 37.8. The maximum absolute atomic E-state index is 12.0. The van der Waals surface area contributed by atoms with Gasteiger partial charge in [-0.05, 0) is 49.0 Å². The number of hydrogen-bond acceptors (Lipinski definition) is 8. The van der Waals surface area contributed by atoms with Crippen LogP contribution in [0.4, 0.5) is 0 Å². The Bertz CT molecular complexity index is 1910. The van der Waals surface area contributed by atoms with Crippen molar-refractivity contribution in [2.75, 3.05) is 26.2 Å². The highest BCUT2D eigenvalue weighted by molar-refractivity contribution is 5.90. The number of hydrogen-bond donors (Lipinski definition) is 6. The molecule has 0 unspecified atom stereocenters. The molecule has 1 aliphatic heterocycles. The van der Waals surface area contributed by atoms with E-state index in [1.165, 1.54) is 22.4 Å². The molecule has 0 radical (unpaired) electrons. The van der Waals surface area contributed by atoms with E-state index in [-0.39, 0.29) is 0 Å². The van der Waals surface area contributed by atoms with Gasteiger partial charge in [-0.2, -0.15) is 0 Å². The Balaban J connectivity index is 0.000000305. The number of aryl methyl sites for hydroxylation is 1. The van der Waals surface area contributed by atoms with Gasteiger partial charge in [0.15, 0.2) is 0 Å². The first-order valence-corrected chi connectivity index (χ1v) is 16.1. The number of nitrogens with one attached hydrogen (secondary N) is 2. The maximum Gasteiger partial charge on any atom is 0.328 e. The lowest BCUT2D eigenvalue weighted by molar-refractivity contribution is -0.134. The van der Waals surface area contributed by atoms with Crippen molar-refractivity contribution in [2.45, 2.75) is 38.8 Å². The summed E-state index contributed by atoms with van der Waals surface area (Å²) in [5.74, 6) is -5.03. The Morgan fingerprint density at radius 1 is 0.647 bits per heavy atom. The number of piperazine rings is 1. The van der Waals surface area contributed by atoms with E-state index in [9.17, 15) is 28.8 Å². The molecule has 3 aromatic rings. The minimum Gasteiger partial charge on any atom is -0.478 e. The van der Waals surface area contributed by atoms with Gasteiger partial charge in [0.25, 0.3) is 0 Å². The van der Waals surface area contributed by atoms with Crippen LogP contribution in [0.15, 0.2) is 94.3 Å². The Morgan fingerprint density at radius 2 is 1.16 bits per heavy atom. The molecule has 1 fully saturated rings. The molecule has 15 heteroatoms. The first-order chi connectivity index (χ1) is 24.4. The number of aliphatic carboxylic acids is 4. The summed E-state index contributed by atoms with van der Waals surface area (Å²) in [5.41, 5.74) is 6.85. The second kappa shape index (κ2) is 18.1. The van der Waals surface area contributed by atoms with E-state index in [1.807, 2.05) is 0 Å². The zero-order valence-corrected chi connectivity index (χ0v) is 27.7. The summed E-state index contributed by atoms with van der Waals surface area (Å²) in [7, 11) is 0. The number of nitrogens with zero attached hydrogens (tertiary/aromatic N) is 3. The van der Waals surface area contributed by atoms with Crippen LogP contribution in [0, 0.1) is 0 Å². The standard InChI is InChI=1S/C28H31N5O2.2C4H4O4/c34-27-28(35)30-26-24-16-23(8-6-22(24)7-9-25(26)29-27)33-11-10-21(19-33)18-32-14-12-31(13-15-32)17-20-4-2-1-3-5-20;2*5-3(6)1-2-4(7)8/h1-5,10-11,16,19H,6-9,12-15,17-18H2,(H,29,34)(H,30,35);2*1-2H,(H,5,6)(H,7,8)/b;2*2-1+. The summed E-state index contributed by atoms with van der Waals surface area (Å²) in [5, 5.41) is 31.2. The Hall–Kier alpha value is -6.06. The van der Waals surface area contributed by atoms with Gasteiger partial charge in [-0.1, -0.05) is 35.9 Å². The van der Waals surface area contributed by atoms with Gasteiger partial charge in [0.05, 0.1) is 5.69 Å². The molecule has 6 N–H and O–H groups in total. The van der Waals surface area contributed by atoms with E-state index < -0.39 is 35.0 Å². The summed E-state index contributed by atoms with van der Waals surface area (Å²) in [6.45, 7) is 6.34. The molecule has 51 heavy (non-hydrogen) atoms. The molecule has 268 valence electrons. The molecule has 0 spiro atoms. The van der Waals surface area contributed by atoms with Crippen molar-refractivity contribution < 1.29 is 39.6 Å². The quantitative estimate of drug-likeness (QED) is 0.140. The second-order valence-corrected chi connectivity index (χ2v) is 11.9. The average molecular weight is 702 g/mol. The summed E-state index contributed by atoms with van der Waals surface area (Å²) >= 11 is 0. The molecule has 0 amide bonds. The van der Waals surface area contributed by atoms with Crippen LogP contribution in [0.25, 0.3) is 11.3 Å². The van der Waals surface area contributed by atoms with Crippen molar-refractivity contribution in [1.82, 2.24) is 24.3 Å². The van der Waals surface area contributed by atoms with E-state index in [1.54, 1.807) is 0 Å². The molecule has 1 saturated heterocycles. The number of fused-ring (bicyclic) bond motifs is 2. The van der Waals surface area contributed by atoms with Crippen LogP contribution in [0.3, 0.4) is 0 Å². The van der Waals surface area contributed by atoms with E-state index in [0.29, 0.717) is 24.3 Å². The van der Waals surface area contributed by atoms with E-state index in [4.69, 9.17) is 20.4 Å². The van der Waals surface area contributed by atoms with Gasteiger partial charge in [-0.15, -0.1) is 0 Å². The third kappa shape index (κ3) is 11.8. The van der Waals surface area contributed by atoms with Crippen LogP contribution >= 0.6 is 0 Å². The second-order valence-electron chi connectivity index (χ2n) is 11.9. The number of allylic oxidation sites excluding steroid dienone is 4. The monoisotopic (exact) mass is 701 g/mol. The van der Waals surface area contributed by atoms with Gasteiger partial charge in [0.2, 0.25) is 0 Å². The third-order valence-electron chi connectivity index (χ3n) is 8.27. The highest BCUT2D eigenvalue weighted by Crippen LogP contribution is 2.38. The van der Waals surface area contributed by atoms with E-state index in [0.717, 1.165) is 81.9 Å². The molecule has 2 aliphatic carbocycles. The van der Waals surface area contributed by atoms with Crippen molar-refractivity contribution in [3.8, 4) is 0 Å². The van der Waals surface area contributed by atoms with Crippen LogP contribution in [0.5, 0.6) is 0 Å². The van der Waals surface area contributed by atoms with Gasteiger partial charge < -0.3 is 35.0 Å². The van der Waals surface area contributed by atoms with Crippen molar-refractivity contribution in [2.24, 2.45) is 0 Å². The molecule has 1 aromatic carbocycles. The zero-order chi connectivity index (χ0) is 36.9. The normalized spacial score (nSPS) is 15.9. The molecule has 0 bridgehead atoms. The molecule has 0 atom stereocenters. The van der Waals surface area contributed by atoms with Crippen molar-refractivity contribution >= 4 is 35.1 Å². The summed E-state index contributed by atoms with van der Waals surface area (Å²) < 4.78 is 2.23. The van der Waals surface area contributed by atoms with Gasteiger partial charge in [0, 0.05) is 92.9 Å². The number of carboxylic acids is 4. The number of carbonyl (C=O) groups is 4. The van der Waals surface area contributed by atoms with Crippen LogP contribution in [0.1, 0.15) is 41.8 Å². The SMILES string of the molecule is O=C(O)/C=C/C(=O)O.O=C(O)/C=C/C(=O)O.O=c1[nH]c2c([nH]c1=O)C1=C(CCC(n3ccc(CN4CCN(Cc5ccccc5)CC4)c3)=C1)CC2. The predicted octanol–water partition coefficient (Wildman–Crippen LogP) is 2.64. The molecule has 6 rings (SSSR count). The maximum atomic E-state index is 12.0. The van der Waals surface area contributed by atoms with E-state index >= 15 is 0 Å². The fourth-order valence-electron chi connectivity index (χ4n) is 5.87. The smallest absolute Gasteiger partial charge is 0.328 e. The Kier molecular flexibility index (Phi) is 13.4. The number of aromatic nitrogens is 3. The number of rotatable bonds is 9. The van der Waals surface area contributed by atoms with Crippen LogP contribution < -0.4 is 11.1 Å². The number of aromatic amines is 2. The van der Waals surface area contributed by atoms with Gasteiger partial charge >= 0.3 is 35.0 Å². The number of benzene rings is 1. The molecule has 2 aromatic heterocycles. The summed E-state index contributed by atoms with van der Waals surface area (Å²) in [6.07, 6.45) is 12.5. The highest BCUT2D eigenvalue weighted by atomic mass is 16.4. The predicted molar refractivity (Wildman–Crippen MR) is 187 cm³/mol.